The fraction of sp³-hybridized carbons (Fsp3) is 0.440. The number of carbonyl (C=O) groups is 2. The van der Waals surface area contributed by atoms with Crippen molar-refractivity contribution in [2.24, 2.45) is 11.5 Å². The van der Waals surface area contributed by atoms with Gasteiger partial charge in [-0.3, -0.25) is 0 Å². The maximum absolute atomic E-state index is 12.3. The van der Waals surface area contributed by atoms with Crippen LogP contribution in [0.2, 0.25) is 0 Å². The molecular formula is C50H58N10O6. The van der Waals surface area contributed by atoms with Crippen LogP contribution in [0.25, 0.3) is 21.5 Å². The summed E-state index contributed by atoms with van der Waals surface area (Å²) in [5.41, 5.74) is 15.1. The molecule has 344 valence electrons. The van der Waals surface area contributed by atoms with Gasteiger partial charge in [0.1, 0.15) is 47.7 Å². The number of nitrogens with two attached hydrogens (primary N) is 2. The number of esters is 2. The first-order valence-corrected chi connectivity index (χ1v) is 22.6. The van der Waals surface area contributed by atoms with E-state index in [1.54, 1.807) is 49.1 Å². The predicted molar refractivity (Wildman–Crippen MR) is 252 cm³/mol. The summed E-state index contributed by atoms with van der Waals surface area (Å²) in [5.74, 6) is 2.93. The Morgan fingerprint density at radius 1 is 0.576 bits per heavy atom. The minimum absolute atomic E-state index is 0.229. The minimum atomic E-state index is -0.591. The lowest BCUT2D eigenvalue weighted by Gasteiger charge is -2.36. The number of ether oxygens (including phenoxy) is 4. The van der Waals surface area contributed by atoms with Gasteiger partial charge in [0, 0.05) is 46.7 Å². The van der Waals surface area contributed by atoms with Gasteiger partial charge in [-0.2, -0.15) is 0 Å². The Morgan fingerprint density at radius 3 is 1.30 bits per heavy atom. The Bertz CT molecular complexity index is 2720. The Labute approximate surface area is 384 Å². The third-order valence-electron chi connectivity index (χ3n) is 13.0. The first-order valence-electron chi connectivity index (χ1n) is 22.6. The standard InChI is InChI=1S/2C25H29N5O3/c2*1-13-24(2,3)21-15(23(31)32-13)8-9-19(30-21)29-20-10-16-17(11-27-20)22(33-14-6-7-14)28-12-18(16)25(4,5)26/h2*8-14H,6-7,26H2,1-5H3,(H,27,29,30)/t2*13-/m10/s1. The fourth-order valence-electron chi connectivity index (χ4n) is 8.02. The molecule has 6 aromatic rings. The SMILES string of the molecule is C[C@@H]1OC(=O)c2ccc(Nc3cc4c(C(C)(C)N)cnc(OC5CC5)c4cn3)nc2C1(C)C.C[C@H]1OC(=O)c2ccc(Nc3cc4c(C(C)(C)N)cnc(OC5CC5)c4cn3)nc2C1(C)C. The summed E-state index contributed by atoms with van der Waals surface area (Å²) < 4.78 is 23.0. The molecule has 0 saturated heterocycles. The van der Waals surface area contributed by atoms with Gasteiger partial charge >= 0.3 is 11.9 Å². The largest absolute Gasteiger partial charge is 0.474 e. The van der Waals surface area contributed by atoms with Crippen LogP contribution in [0.15, 0.2) is 61.2 Å². The van der Waals surface area contributed by atoms with Crippen LogP contribution in [0.3, 0.4) is 0 Å². The average molecular weight is 895 g/mol. The van der Waals surface area contributed by atoms with Crippen LogP contribution >= 0.6 is 0 Å². The zero-order valence-corrected chi connectivity index (χ0v) is 39.2. The second kappa shape index (κ2) is 16.1. The molecule has 2 saturated carbocycles. The Balaban J connectivity index is 0.000000166. The smallest absolute Gasteiger partial charge is 0.340 e. The topological polar surface area (TPSA) is 224 Å². The summed E-state index contributed by atoms with van der Waals surface area (Å²) in [7, 11) is 0. The quantitative estimate of drug-likeness (QED) is 0.0944. The molecule has 2 atom stereocenters. The lowest BCUT2D eigenvalue weighted by Crippen LogP contribution is -2.42. The highest BCUT2D eigenvalue weighted by molar-refractivity contribution is 5.95. The number of fused-ring (bicyclic) bond motifs is 4. The molecule has 0 spiro atoms. The van der Waals surface area contributed by atoms with Crippen LogP contribution in [0.4, 0.5) is 23.3 Å². The minimum Gasteiger partial charge on any atom is -0.474 e. The summed E-state index contributed by atoms with van der Waals surface area (Å²) in [6.07, 6.45) is 11.2. The number of hydrogen-bond acceptors (Lipinski definition) is 16. The van der Waals surface area contributed by atoms with Gasteiger partial charge < -0.3 is 41.0 Å². The molecule has 0 unspecified atom stereocenters. The number of carbonyl (C=O) groups excluding carboxylic acids is 2. The zero-order chi connectivity index (χ0) is 47.1. The molecule has 8 heterocycles. The number of nitrogens with one attached hydrogen (secondary N) is 2. The highest BCUT2D eigenvalue weighted by Gasteiger charge is 2.42. The van der Waals surface area contributed by atoms with Crippen molar-refractivity contribution in [2.75, 3.05) is 10.6 Å². The van der Waals surface area contributed by atoms with Crippen LogP contribution in [-0.2, 0) is 31.4 Å². The molecule has 0 aromatic carbocycles. The van der Waals surface area contributed by atoms with Crippen LogP contribution in [0, 0.1) is 0 Å². The fourth-order valence-corrected chi connectivity index (χ4v) is 8.02. The summed E-state index contributed by atoms with van der Waals surface area (Å²) in [6, 6.07) is 10.9. The molecule has 6 N–H and O–H groups in total. The lowest BCUT2D eigenvalue weighted by atomic mass is 9.79. The zero-order valence-electron chi connectivity index (χ0n) is 39.2. The number of hydrogen-bond donors (Lipinski definition) is 4. The van der Waals surface area contributed by atoms with Crippen molar-refractivity contribution >= 4 is 56.8 Å². The molecule has 0 radical (unpaired) electrons. The van der Waals surface area contributed by atoms with E-state index in [0.29, 0.717) is 57.5 Å². The molecule has 10 rings (SSSR count). The maximum Gasteiger partial charge on any atom is 0.340 e. The maximum atomic E-state index is 12.3. The summed E-state index contributed by atoms with van der Waals surface area (Å²) >= 11 is 0. The van der Waals surface area contributed by atoms with Crippen molar-refractivity contribution < 1.29 is 28.5 Å². The molecule has 16 nitrogen and oxygen atoms in total. The number of rotatable bonds is 10. The van der Waals surface area contributed by atoms with Crippen molar-refractivity contribution in [1.29, 1.82) is 0 Å². The molecule has 66 heavy (non-hydrogen) atoms. The van der Waals surface area contributed by atoms with Crippen molar-refractivity contribution in [1.82, 2.24) is 29.9 Å². The molecular weight excluding hydrogens is 837 g/mol. The van der Waals surface area contributed by atoms with Crippen molar-refractivity contribution in [3.05, 3.63) is 94.8 Å². The third-order valence-corrected chi connectivity index (χ3v) is 13.0. The van der Waals surface area contributed by atoms with Crippen molar-refractivity contribution in [3.8, 4) is 11.8 Å². The molecule has 2 aliphatic heterocycles. The average Bonchev–Trinajstić information content (AvgIpc) is 4.20. The second-order valence-corrected chi connectivity index (χ2v) is 20.2. The van der Waals surface area contributed by atoms with E-state index in [1.165, 1.54) is 0 Å². The van der Waals surface area contributed by atoms with Crippen LogP contribution < -0.4 is 31.6 Å². The Hall–Kier alpha value is -6.52. The van der Waals surface area contributed by atoms with Crippen molar-refractivity contribution in [3.63, 3.8) is 0 Å². The number of anilines is 4. The van der Waals surface area contributed by atoms with Gasteiger partial charge in [0.05, 0.1) is 33.3 Å². The number of pyridine rings is 6. The Morgan fingerprint density at radius 2 is 0.955 bits per heavy atom. The molecule has 16 heteroatoms. The van der Waals surface area contributed by atoms with Gasteiger partial charge in [0.15, 0.2) is 0 Å². The van der Waals surface area contributed by atoms with E-state index in [1.807, 2.05) is 81.4 Å². The highest BCUT2D eigenvalue weighted by Crippen LogP contribution is 2.40. The first-order chi connectivity index (χ1) is 31.1. The molecule has 4 aliphatic rings. The van der Waals surface area contributed by atoms with E-state index in [2.05, 4.69) is 30.6 Å². The summed E-state index contributed by atoms with van der Waals surface area (Å²) in [6.45, 7) is 19.7. The highest BCUT2D eigenvalue weighted by atomic mass is 16.6. The summed E-state index contributed by atoms with van der Waals surface area (Å²) in [5, 5.41) is 10.1. The third kappa shape index (κ3) is 8.66. The lowest BCUT2D eigenvalue weighted by molar-refractivity contribution is 0.00790. The van der Waals surface area contributed by atoms with E-state index in [0.717, 1.165) is 58.4 Å². The van der Waals surface area contributed by atoms with Crippen LogP contribution in [0.1, 0.15) is 138 Å². The van der Waals surface area contributed by atoms with Crippen LogP contribution in [-0.4, -0.2) is 66.3 Å². The predicted octanol–water partition coefficient (Wildman–Crippen LogP) is 8.68. The monoisotopic (exact) mass is 894 g/mol. The molecule has 2 fully saturated rings. The van der Waals surface area contributed by atoms with Gasteiger partial charge in [-0.1, -0.05) is 27.7 Å². The first kappa shape index (κ1) is 44.7. The van der Waals surface area contributed by atoms with Crippen LogP contribution in [0.5, 0.6) is 11.8 Å². The van der Waals surface area contributed by atoms with E-state index < -0.39 is 21.9 Å². The van der Waals surface area contributed by atoms with Gasteiger partial charge in [0.25, 0.3) is 0 Å². The normalized spacial score (nSPS) is 19.7. The molecule has 0 bridgehead atoms. The number of cyclic esters (lactones) is 2. The molecule has 2 aliphatic carbocycles. The van der Waals surface area contributed by atoms with Gasteiger partial charge in [-0.05, 0) is 126 Å². The van der Waals surface area contributed by atoms with E-state index in [9.17, 15) is 9.59 Å². The molecule has 6 aromatic heterocycles. The van der Waals surface area contributed by atoms with E-state index in [-0.39, 0.29) is 36.4 Å². The van der Waals surface area contributed by atoms with Gasteiger partial charge in [-0.15, -0.1) is 0 Å². The number of nitrogens with zero attached hydrogens (tertiary/aromatic N) is 6. The molecule has 0 amide bonds. The van der Waals surface area contributed by atoms with Gasteiger partial charge in [0.2, 0.25) is 11.8 Å². The summed E-state index contributed by atoms with van der Waals surface area (Å²) in [4.78, 5) is 52.4. The second-order valence-electron chi connectivity index (χ2n) is 20.2. The van der Waals surface area contributed by atoms with Crippen molar-refractivity contribution in [2.45, 2.75) is 141 Å². The van der Waals surface area contributed by atoms with E-state index in [4.69, 9.17) is 40.4 Å². The van der Waals surface area contributed by atoms with E-state index >= 15 is 0 Å². The number of aromatic nitrogens is 6. The van der Waals surface area contributed by atoms with Gasteiger partial charge in [-0.25, -0.2) is 39.5 Å². The Kier molecular flexibility index (Phi) is 10.9.